The Morgan fingerprint density at radius 2 is 1.42 bits per heavy atom. The molecule has 6 nitrogen and oxygen atoms in total. The van der Waals surface area contributed by atoms with E-state index in [1.54, 1.807) is 20.8 Å². The van der Waals surface area contributed by atoms with Gasteiger partial charge in [0.05, 0.1) is 13.2 Å². The number of carbonyl (C=O) groups excluding carboxylic acids is 3. The summed E-state index contributed by atoms with van der Waals surface area (Å²) in [6, 6.07) is 0. The zero-order valence-electron chi connectivity index (χ0n) is 12.1. The maximum atomic E-state index is 12.0. The molecule has 0 fully saturated rings. The summed E-state index contributed by atoms with van der Waals surface area (Å²) in [5.74, 6) is -1.92. The van der Waals surface area contributed by atoms with Crippen molar-refractivity contribution in [2.45, 2.75) is 52.5 Å². The van der Waals surface area contributed by atoms with Gasteiger partial charge in [-0.1, -0.05) is 13.8 Å². The number of amides is 1. The van der Waals surface area contributed by atoms with Crippen LogP contribution >= 0.6 is 0 Å². The molecule has 0 aromatic heterocycles. The molecule has 0 atom stereocenters. The fourth-order valence-corrected chi connectivity index (χ4v) is 1.60. The van der Waals surface area contributed by atoms with Gasteiger partial charge in [0.25, 0.3) is 0 Å². The summed E-state index contributed by atoms with van der Waals surface area (Å²) in [6.07, 6.45) is 0.942. The van der Waals surface area contributed by atoms with Crippen molar-refractivity contribution in [1.82, 2.24) is 5.32 Å². The normalized spacial score (nSPS) is 10.7. The van der Waals surface area contributed by atoms with Crippen LogP contribution in [-0.2, 0) is 23.9 Å². The van der Waals surface area contributed by atoms with Crippen LogP contribution in [0.2, 0.25) is 0 Å². The summed E-state index contributed by atoms with van der Waals surface area (Å²) in [4.78, 5) is 35.7. The monoisotopic (exact) mass is 273 g/mol. The topological polar surface area (TPSA) is 81.7 Å². The Balaban J connectivity index is 5.22. The van der Waals surface area contributed by atoms with Crippen molar-refractivity contribution >= 4 is 17.8 Å². The third-order valence-electron chi connectivity index (χ3n) is 2.61. The zero-order chi connectivity index (χ0) is 14.9. The Kier molecular flexibility index (Phi) is 7.79. The maximum absolute atomic E-state index is 12.0. The highest BCUT2D eigenvalue weighted by Crippen LogP contribution is 2.16. The van der Waals surface area contributed by atoms with Crippen LogP contribution < -0.4 is 5.32 Å². The molecular formula is C13H23NO5. The highest BCUT2D eigenvalue weighted by Gasteiger charge is 2.48. The number of nitrogens with one attached hydrogen (secondary N) is 1. The second-order valence-electron chi connectivity index (χ2n) is 4.00. The first-order chi connectivity index (χ1) is 8.98. The van der Waals surface area contributed by atoms with E-state index in [4.69, 9.17) is 9.47 Å². The van der Waals surface area contributed by atoms with Crippen LogP contribution in [0.5, 0.6) is 0 Å². The minimum atomic E-state index is -1.74. The number of hydrogen-bond acceptors (Lipinski definition) is 5. The van der Waals surface area contributed by atoms with Crippen molar-refractivity contribution in [3.63, 3.8) is 0 Å². The second kappa shape index (κ2) is 8.50. The molecule has 0 aromatic rings. The third kappa shape index (κ3) is 4.54. The van der Waals surface area contributed by atoms with Crippen LogP contribution in [0, 0.1) is 0 Å². The number of hydrogen-bond donors (Lipinski definition) is 1. The molecule has 1 amide bonds. The Bertz CT molecular complexity index is 309. The average molecular weight is 273 g/mol. The van der Waals surface area contributed by atoms with Gasteiger partial charge in [0.15, 0.2) is 0 Å². The maximum Gasteiger partial charge on any atom is 0.343 e. The number of rotatable bonds is 8. The number of ether oxygens (including phenoxy) is 2. The summed E-state index contributed by atoms with van der Waals surface area (Å²) in [6.45, 7) is 6.99. The quantitative estimate of drug-likeness (QED) is 0.530. The van der Waals surface area contributed by atoms with E-state index in [9.17, 15) is 14.4 Å². The lowest BCUT2D eigenvalue weighted by Gasteiger charge is -2.28. The molecule has 0 heterocycles. The van der Waals surface area contributed by atoms with Crippen molar-refractivity contribution in [1.29, 1.82) is 0 Å². The number of carbonyl (C=O) groups is 3. The Morgan fingerprint density at radius 1 is 0.947 bits per heavy atom. The van der Waals surface area contributed by atoms with Crippen LogP contribution in [-0.4, -0.2) is 36.6 Å². The van der Waals surface area contributed by atoms with Crippen molar-refractivity contribution < 1.29 is 23.9 Å². The molecule has 0 aliphatic rings. The fraction of sp³-hybridized carbons (Fsp3) is 0.769. The Labute approximate surface area is 113 Å². The van der Waals surface area contributed by atoms with E-state index in [1.807, 2.05) is 6.92 Å². The Hall–Kier alpha value is -1.59. The molecule has 0 spiro atoms. The minimum Gasteiger partial charge on any atom is -0.464 e. The summed E-state index contributed by atoms with van der Waals surface area (Å²) >= 11 is 0. The minimum absolute atomic E-state index is 0.0835. The van der Waals surface area contributed by atoms with Crippen LogP contribution in [0.1, 0.15) is 47.0 Å². The fourth-order valence-electron chi connectivity index (χ4n) is 1.60. The summed E-state index contributed by atoms with van der Waals surface area (Å²) in [5.41, 5.74) is -1.74. The van der Waals surface area contributed by atoms with E-state index in [0.29, 0.717) is 6.42 Å². The molecular weight excluding hydrogens is 250 g/mol. The lowest BCUT2D eigenvalue weighted by Crippen LogP contribution is -2.61. The van der Waals surface area contributed by atoms with E-state index in [-0.39, 0.29) is 32.0 Å². The van der Waals surface area contributed by atoms with Crippen molar-refractivity contribution in [2.75, 3.05) is 13.2 Å². The first kappa shape index (κ1) is 17.4. The average Bonchev–Trinajstić information content (AvgIpc) is 2.36. The molecule has 0 saturated carbocycles. The summed E-state index contributed by atoms with van der Waals surface area (Å²) in [5, 5.41) is 2.46. The van der Waals surface area contributed by atoms with E-state index in [1.165, 1.54) is 0 Å². The van der Waals surface area contributed by atoms with Gasteiger partial charge in [-0.3, -0.25) is 4.79 Å². The molecule has 19 heavy (non-hydrogen) atoms. The van der Waals surface area contributed by atoms with Gasteiger partial charge in [-0.2, -0.15) is 0 Å². The van der Waals surface area contributed by atoms with Crippen molar-refractivity contribution in [2.24, 2.45) is 0 Å². The molecule has 0 saturated heterocycles. The molecule has 0 aliphatic heterocycles. The summed E-state index contributed by atoms with van der Waals surface area (Å²) < 4.78 is 9.78. The van der Waals surface area contributed by atoms with Gasteiger partial charge in [0.1, 0.15) is 0 Å². The zero-order valence-corrected chi connectivity index (χ0v) is 12.1. The highest BCUT2D eigenvalue weighted by molar-refractivity contribution is 6.07. The SMILES string of the molecule is CCCC(=O)NC(CC)(C(=O)OCC)C(=O)OCC. The molecule has 0 aromatic carbocycles. The second-order valence-corrected chi connectivity index (χ2v) is 4.00. The van der Waals surface area contributed by atoms with Crippen LogP contribution in [0.15, 0.2) is 0 Å². The van der Waals surface area contributed by atoms with E-state index >= 15 is 0 Å². The van der Waals surface area contributed by atoms with Gasteiger partial charge < -0.3 is 14.8 Å². The molecule has 0 unspecified atom stereocenters. The van der Waals surface area contributed by atoms with Crippen LogP contribution in [0.4, 0.5) is 0 Å². The third-order valence-corrected chi connectivity index (χ3v) is 2.61. The first-order valence-corrected chi connectivity index (χ1v) is 6.63. The van der Waals surface area contributed by atoms with Crippen molar-refractivity contribution in [3.8, 4) is 0 Å². The molecule has 0 radical (unpaired) electrons. The van der Waals surface area contributed by atoms with Gasteiger partial charge in [-0.25, -0.2) is 9.59 Å². The summed E-state index contributed by atoms with van der Waals surface area (Å²) in [7, 11) is 0. The van der Waals surface area contributed by atoms with Crippen molar-refractivity contribution in [3.05, 3.63) is 0 Å². The van der Waals surface area contributed by atoms with Gasteiger partial charge in [0.2, 0.25) is 11.4 Å². The number of esters is 2. The van der Waals surface area contributed by atoms with Gasteiger partial charge in [0, 0.05) is 6.42 Å². The molecule has 6 heteroatoms. The van der Waals surface area contributed by atoms with Gasteiger partial charge in [-0.05, 0) is 26.7 Å². The lowest BCUT2D eigenvalue weighted by molar-refractivity contribution is -0.168. The smallest absolute Gasteiger partial charge is 0.343 e. The molecule has 0 rings (SSSR count). The predicted molar refractivity (Wildman–Crippen MR) is 69.3 cm³/mol. The Morgan fingerprint density at radius 3 is 1.74 bits per heavy atom. The standard InChI is InChI=1S/C13H23NO5/c1-5-9-10(15)14-13(6-2,11(16)18-7-3)12(17)19-8-4/h5-9H2,1-4H3,(H,14,15). The van der Waals surface area contributed by atoms with Crippen LogP contribution in [0.25, 0.3) is 0 Å². The van der Waals surface area contributed by atoms with E-state index in [0.717, 1.165) is 0 Å². The van der Waals surface area contributed by atoms with Gasteiger partial charge in [-0.15, -0.1) is 0 Å². The predicted octanol–water partition coefficient (Wildman–Crippen LogP) is 1.18. The van der Waals surface area contributed by atoms with Crippen LogP contribution in [0.3, 0.4) is 0 Å². The van der Waals surface area contributed by atoms with E-state index in [2.05, 4.69) is 5.32 Å². The molecule has 110 valence electrons. The molecule has 1 N–H and O–H groups in total. The highest BCUT2D eigenvalue weighted by atomic mass is 16.6. The first-order valence-electron chi connectivity index (χ1n) is 6.63. The molecule has 0 bridgehead atoms. The largest absolute Gasteiger partial charge is 0.464 e. The van der Waals surface area contributed by atoms with Gasteiger partial charge >= 0.3 is 11.9 Å². The molecule has 0 aliphatic carbocycles. The lowest BCUT2D eigenvalue weighted by atomic mass is 9.95. The van der Waals surface area contributed by atoms with E-state index < -0.39 is 17.5 Å².